The van der Waals surface area contributed by atoms with Gasteiger partial charge in [0.1, 0.15) is 0 Å². The van der Waals surface area contributed by atoms with Gasteiger partial charge in [0.25, 0.3) is 0 Å². The Morgan fingerprint density at radius 1 is 1.15 bits per heavy atom. The number of carbonyl (C=O) groups is 1. The molecule has 0 unspecified atom stereocenters. The number of hydrogen-bond donors (Lipinski definition) is 1. The number of amides is 1. The zero-order chi connectivity index (χ0) is 13.9. The molecule has 2 saturated heterocycles. The van der Waals surface area contributed by atoms with Gasteiger partial charge in [0, 0.05) is 45.3 Å². The van der Waals surface area contributed by atoms with Crippen molar-refractivity contribution in [1.29, 1.82) is 0 Å². The molecule has 1 N–H and O–H groups in total. The fraction of sp³-hybridized carbons (Fsp3) is 0.562. The molecule has 1 aromatic carbocycles. The fourth-order valence-corrected chi connectivity index (χ4v) is 2.86. The summed E-state index contributed by atoms with van der Waals surface area (Å²) >= 11 is 0. The van der Waals surface area contributed by atoms with Crippen molar-refractivity contribution in [1.82, 2.24) is 15.1 Å². The molecule has 4 nitrogen and oxygen atoms in total. The molecule has 0 aliphatic carbocycles. The van der Waals surface area contributed by atoms with Crippen molar-refractivity contribution in [2.45, 2.75) is 19.4 Å². The van der Waals surface area contributed by atoms with E-state index in [2.05, 4.69) is 41.4 Å². The van der Waals surface area contributed by atoms with Gasteiger partial charge in [-0.2, -0.15) is 0 Å². The van der Waals surface area contributed by atoms with E-state index in [1.54, 1.807) is 0 Å². The van der Waals surface area contributed by atoms with Crippen LogP contribution < -0.4 is 5.32 Å². The molecule has 0 aromatic heterocycles. The van der Waals surface area contributed by atoms with E-state index in [9.17, 15) is 4.79 Å². The standard InChI is InChI=1S/C16H23N3O/c1-13-2-4-14(5-3-13)10-16(20)19-8-6-18(7-9-19)15-11-17-12-15/h2-5,15,17H,6-12H2,1H3. The number of hydrogen-bond acceptors (Lipinski definition) is 3. The van der Waals surface area contributed by atoms with Gasteiger partial charge in [-0.25, -0.2) is 0 Å². The van der Waals surface area contributed by atoms with E-state index in [1.807, 2.05) is 4.90 Å². The van der Waals surface area contributed by atoms with E-state index in [0.717, 1.165) is 44.8 Å². The summed E-state index contributed by atoms with van der Waals surface area (Å²) in [5, 5.41) is 3.31. The summed E-state index contributed by atoms with van der Waals surface area (Å²) in [5.74, 6) is 0.264. The van der Waals surface area contributed by atoms with Crippen molar-refractivity contribution >= 4 is 5.91 Å². The van der Waals surface area contributed by atoms with Crippen LogP contribution in [-0.4, -0.2) is 61.0 Å². The van der Waals surface area contributed by atoms with Gasteiger partial charge in [-0.15, -0.1) is 0 Å². The molecule has 108 valence electrons. The predicted molar refractivity (Wildman–Crippen MR) is 79.7 cm³/mol. The van der Waals surface area contributed by atoms with Gasteiger partial charge in [-0.05, 0) is 12.5 Å². The number of benzene rings is 1. The zero-order valence-electron chi connectivity index (χ0n) is 12.1. The summed E-state index contributed by atoms with van der Waals surface area (Å²) in [6.45, 7) is 8.08. The molecule has 0 bridgehead atoms. The first-order valence-corrected chi connectivity index (χ1v) is 7.50. The third-order valence-corrected chi connectivity index (χ3v) is 4.42. The Kier molecular flexibility index (Phi) is 4.03. The first-order valence-electron chi connectivity index (χ1n) is 7.50. The van der Waals surface area contributed by atoms with Crippen LogP contribution in [0.2, 0.25) is 0 Å². The topological polar surface area (TPSA) is 35.6 Å². The Hall–Kier alpha value is -1.39. The Bertz CT molecular complexity index is 459. The first-order chi connectivity index (χ1) is 9.72. The monoisotopic (exact) mass is 273 g/mol. The fourth-order valence-electron chi connectivity index (χ4n) is 2.86. The second-order valence-corrected chi connectivity index (χ2v) is 5.89. The first kappa shape index (κ1) is 13.6. The third kappa shape index (κ3) is 3.02. The molecular weight excluding hydrogens is 250 g/mol. The van der Waals surface area contributed by atoms with Gasteiger partial charge in [0.15, 0.2) is 0 Å². The molecule has 1 amide bonds. The van der Waals surface area contributed by atoms with Crippen LogP contribution in [0.5, 0.6) is 0 Å². The van der Waals surface area contributed by atoms with Crippen LogP contribution in [0, 0.1) is 6.92 Å². The maximum atomic E-state index is 12.3. The maximum absolute atomic E-state index is 12.3. The molecule has 2 aliphatic rings. The highest BCUT2D eigenvalue weighted by Crippen LogP contribution is 2.11. The van der Waals surface area contributed by atoms with Crippen molar-refractivity contribution in [2.75, 3.05) is 39.3 Å². The predicted octanol–water partition coefficient (Wildman–Crippen LogP) is 0.654. The minimum atomic E-state index is 0.264. The Morgan fingerprint density at radius 2 is 1.80 bits per heavy atom. The van der Waals surface area contributed by atoms with Crippen LogP contribution in [0.4, 0.5) is 0 Å². The molecule has 20 heavy (non-hydrogen) atoms. The lowest BCUT2D eigenvalue weighted by Crippen LogP contribution is -2.62. The highest BCUT2D eigenvalue weighted by atomic mass is 16.2. The Morgan fingerprint density at radius 3 is 2.35 bits per heavy atom. The second kappa shape index (κ2) is 5.94. The minimum Gasteiger partial charge on any atom is -0.340 e. The smallest absolute Gasteiger partial charge is 0.227 e. The normalized spacial score (nSPS) is 20.8. The molecule has 0 atom stereocenters. The largest absolute Gasteiger partial charge is 0.340 e. The lowest BCUT2D eigenvalue weighted by Gasteiger charge is -2.43. The van der Waals surface area contributed by atoms with E-state index < -0.39 is 0 Å². The molecule has 1 aromatic rings. The Balaban J connectivity index is 1.49. The van der Waals surface area contributed by atoms with E-state index in [4.69, 9.17) is 0 Å². The number of nitrogens with one attached hydrogen (secondary N) is 1. The molecule has 2 fully saturated rings. The van der Waals surface area contributed by atoms with Crippen LogP contribution in [0.15, 0.2) is 24.3 Å². The average Bonchev–Trinajstić information content (AvgIpc) is 2.40. The van der Waals surface area contributed by atoms with Gasteiger partial charge in [0.05, 0.1) is 6.42 Å². The van der Waals surface area contributed by atoms with E-state index >= 15 is 0 Å². The van der Waals surface area contributed by atoms with Crippen LogP contribution in [0.1, 0.15) is 11.1 Å². The zero-order valence-corrected chi connectivity index (χ0v) is 12.1. The van der Waals surface area contributed by atoms with Crippen LogP contribution in [0.25, 0.3) is 0 Å². The highest BCUT2D eigenvalue weighted by molar-refractivity contribution is 5.78. The molecular formula is C16H23N3O. The summed E-state index contributed by atoms with van der Waals surface area (Å²) in [4.78, 5) is 16.8. The van der Waals surface area contributed by atoms with Gasteiger partial charge in [-0.1, -0.05) is 29.8 Å². The van der Waals surface area contributed by atoms with Crippen molar-refractivity contribution in [3.63, 3.8) is 0 Å². The summed E-state index contributed by atoms with van der Waals surface area (Å²) in [6.07, 6.45) is 0.533. The molecule has 3 rings (SSSR count). The second-order valence-electron chi connectivity index (χ2n) is 5.89. The SMILES string of the molecule is Cc1ccc(CC(=O)N2CCN(C3CNC3)CC2)cc1. The quantitative estimate of drug-likeness (QED) is 0.878. The third-order valence-electron chi connectivity index (χ3n) is 4.42. The van der Waals surface area contributed by atoms with Gasteiger partial charge >= 0.3 is 0 Å². The lowest BCUT2D eigenvalue weighted by atomic mass is 10.1. The summed E-state index contributed by atoms with van der Waals surface area (Å²) in [7, 11) is 0. The van der Waals surface area contributed by atoms with Crippen molar-refractivity contribution < 1.29 is 4.79 Å². The molecule has 2 aliphatic heterocycles. The van der Waals surface area contributed by atoms with E-state index in [0.29, 0.717) is 12.5 Å². The van der Waals surface area contributed by atoms with Crippen molar-refractivity contribution in [3.8, 4) is 0 Å². The van der Waals surface area contributed by atoms with Crippen LogP contribution in [0.3, 0.4) is 0 Å². The Labute approximate surface area is 120 Å². The van der Waals surface area contributed by atoms with Gasteiger partial charge < -0.3 is 10.2 Å². The number of aryl methyl sites for hydroxylation is 1. The van der Waals surface area contributed by atoms with Gasteiger partial charge in [0.2, 0.25) is 5.91 Å². The molecule has 4 heteroatoms. The molecule has 0 saturated carbocycles. The van der Waals surface area contributed by atoms with E-state index in [-0.39, 0.29) is 5.91 Å². The van der Waals surface area contributed by atoms with Crippen LogP contribution >= 0.6 is 0 Å². The minimum absolute atomic E-state index is 0.264. The lowest BCUT2D eigenvalue weighted by molar-refractivity contribution is -0.132. The van der Waals surface area contributed by atoms with Gasteiger partial charge in [-0.3, -0.25) is 9.69 Å². The molecule has 2 heterocycles. The maximum Gasteiger partial charge on any atom is 0.227 e. The number of rotatable bonds is 3. The average molecular weight is 273 g/mol. The number of piperazine rings is 1. The van der Waals surface area contributed by atoms with E-state index in [1.165, 1.54) is 5.56 Å². The van der Waals surface area contributed by atoms with Crippen molar-refractivity contribution in [2.24, 2.45) is 0 Å². The van der Waals surface area contributed by atoms with Crippen molar-refractivity contribution in [3.05, 3.63) is 35.4 Å². The molecule has 0 spiro atoms. The summed E-state index contributed by atoms with van der Waals surface area (Å²) in [5.41, 5.74) is 2.36. The molecule has 0 radical (unpaired) electrons. The number of nitrogens with zero attached hydrogens (tertiary/aromatic N) is 2. The number of carbonyl (C=O) groups excluding carboxylic acids is 1. The van der Waals surface area contributed by atoms with Crippen LogP contribution in [-0.2, 0) is 11.2 Å². The summed E-state index contributed by atoms with van der Waals surface area (Å²) < 4.78 is 0. The highest BCUT2D eigenvalue weighted by Gasteiger charge is 2.28. The summed E-state index contributed by atoms with van der Waals surface area (Å²) in [6, 6.07) is 8.96.